The highest BCUT2D eigenvalue weighted by Crippen LogP contribution is 2.33. The number of amides is 1. The van der Waals surface area contributed by atoms with E-state index in [9.17, 15) is 4.79 Å². The lowest BCUT2D eigenvalue weighted by molar-refractivity contribution is 0.0694. The molecule has 1 fully saturated rings. The zero-order valence-corrected chi connectivity index (χ0v) is 12.6. The van der Waals surface area contributed by atoms with E-state index in [-0.39, 0.29) is 5.91 Å². The molecular weight excluding hydrogens is 285 g/mol. The molecule has 5 heteroatoms. The lowest BCUT2D eigenvalue weighted by Gasteiger charge is -2.30. The number of likely N-dealkylation sites (tertiary alicyclic amines) is 1. The Bertz CT molecular complexity index is 483. The van der Waals surface area contributed by atoms with Gasteiger partial charge < -0.3 is 9.64 Å². The van der Waals surface area contributed by atoms with Gasteiger partial charge in [-0.05, 0) is 30.9 Å². The molecule has 1 amide bonds. The van der Waals surface area contributed by atoms with Gasteiger partial charge in [-0.1, -0.05) is 30.1 Å². The fourth-order valence-electron chi connectivity index (χ4n) is 2.31. The van der Waals surface area contributed by atoms with Crippen LogP contribution in [0, 0.1) is 5.92 Å². The van der Waals surface area contributed by atoms with Crippen LogP contribution in [0.3, 0.4) is 0 Å². The van der Waals surface area contributed by atoms with Gasteiger partial charge >= 0.3 is 0 Å². The van der Waals surface area contributed by atoms with Crippen LogP contribution in [0.5, 0.6) is 5.75 Å². The maximum Gasteiger partial charge on any atom is 0.257 e. The molecule has 3 nitrogen and oxygen atoms in total. The molecule has 0 aromatic heterocycles. The molecule has 0 N–H and O–H groups in total. The molecule has 0 bridgehead atoms. The Hall–Kier alpha value is -0.930. The molecule has 1 aromatic rings. The third-order valence-electron chi connectivity index (χ3n) is 3.51. The largest absolute Gasteiger partial charge is 0.494 e. The van der Waals surface area contributed by atoms with Gasteiger partial charge in [-0.25, -0.2) is 0 Å². The van der Waals surface area contributed by atoms with E-state index in [1.54, 1.807) is 12.1 Å². The lowest BCUT2D eigenvalue weighted by atomic mass is 9.98. The standard InChI is InChI=1S/C14H17Cl2NO2/c1-9-3-5-17(6-4-9)14(18)11-7-10(15)8-12(16)13(11)19-2/h7-9H,3-6H2,1-2H3. The summed E-state index contributed by atoms with van der Waals surface area (Å²) in [5.74, 6) is 1.01. The van der Waals surface area contributed by atoms with Gasteiger partial charge in [-0.2, -0.15) is 0 Å². The molecule has 1 aliphatic rings. The topological polar surface area (TPSA) is 29.5 Å². The molecule has 0 radical (unpaired) electrons. The van der Waals surface area contributed by atoms with Crippen LogP contribution in [-0.4, -0.2) is 31.0 Å². The summed E-state index contributed by atoms with van der Waals surface area (Å²) in [4.78, 5) is 14.4. The van der Waals surface area contributed by atoms with Crippen molar-refractivity contribution in [2.45, 2.75) is 19.8 Å². The first kappa shape index (κ1) is 14.5. The van der Waals surface area contributed by atoms with Crippen LogP contribution in [0.4, 0.5) is 0 Å². The molecule has 0 saturated carbocycles. The number of carbonyl (C=O) groups is 1. The Morgan fingerprint density at radius 3 is 2.53 bits per heavy atom. The molecule has 0 spiro atoms. The molecule has 0 unspecified atom stereocenters. The predicted molar refractivity (Wildman–Crippen MR) is 77.3 cm³/mol. The minimum absolute atomic E-state index is 0.0619. The number of carbonyl (C=O) groups excluding carboxylic acids is 1. The summed E-state index contributed by atoms with van der Waals surface area (Å²) in [5.41, 5.74) is 0.439. The zero-order valence-electron chi connectivity index (χ0n) is 11.1. The minimum atomic E-state index is -0.0619. The minimum Gasteiger partial charge on any atom is -0.494 e. The van der Waals surface area contributed by atoms with E-state index in [0.29, 0.717) is 27.3 Å². The van der Waals surface area contributed by atoms with Gasteiger partial charge in [0.2, 0.25) is 0 Å². The first-order chi connectivity index (χ1) is 9.02. The number of halogens is 2. The molecule has 1 aliphatic heterocycles. The highest BCUT2D eigenvalue weighted by Gasteiger charge is 2.25. The van der Waals surface area contributed by atoms with Gasteiger partial charge in [0.25, 0.3) is 5.91 Å². The molecule has 1 heterocycles. The van der Waals surface area contributed by atoms with Gasteiger partial charge in [0.15, 0.2) is 0 Å². The highest BCUT2D eigenvalue weighted by atomic mass is 35.5. The van der Waals surface area contributed by atoms with Crippen molar-refractivity contribution >= 4 is 29.1 Å². The molecule has 2 rings (SSSR count). The first-order valence-electron chi connectivity index (χ1n) is 6.35. The van der Waals surface area contributed by atoms with Crippen molar-refractivity contribution in [2.75, 3.05) is 20.2 Å². The van der Waals surface area contributed by atoms with E-state index < -0.39 is 0 Å². The highest BCUT2D eigenvalue weighted by molar-refractivity contribution is 6.36. The number of nitrogens with zero attached hydrogens (tertiary/aromatic N) is 1. The van der Waals surface area contributed by atoms with Crippen molar-refractivity contribution in [1.29, 1.82) is 0 Å². The van der Waals surface area contributed by atoms with E-state index in [1.165, 1.54) is 7.11 Å². The van der Waals surface area contributed by atoms with E-state index in [2.05, 4.69) is 6.92 Å². The zero-order chi connectivity index (χ0) is 14.0. The van der Waals surface area contributed by atoms with E-state index in [4.69, 9.17) is 27.9 Å². The summed E-state index contributed by atoms with van der Waals surface area (Å²) in [7, 11) is 1.50. The quantitative estimate of drug-likeness (QED) is 0.830. The first-order valence-corrected chi connectivity index (χ1v) is 7.10. The van der Waals surface area contributed by atoms with Crippen LogP contribution >= 0.6 is 23.2 Å². The van der Waals surface area contributed by atoms with Gasteiger partial charge in [0.05, 0.1) is 17.7 Å². The molecular formula is C14H17Cl2NO2. The van der Waals surface area contributed by atoms with Gasteiger partial charge in [-0.3, -0.25) is 4.79 Å². The van der Waals surface area contributed by atoms with Crippen LogP contribution in [0.25, 0.3) is 0 Å². The molecule has 1 saturated heterocycles. The van der Waals surface area contributed by atoms with Crippen molar-refractivity contribution in [3.05, 3.63) is 27.7 Å². The van der Waals surface area contributed by atoms with E-state index in [1.807, 2.05) is 4.90 Å². The Kier molecular flexibility index (Phi) is 4.58. The fraction of sp³-hybridized carbons (Fsp3) is 0.500. The summed E-state index contributed by atoms with van der Waals surface area (Å²) < 4.78 is 5.23. The van der Waals surface area contributed by atoms with Crippen molar-refractivity contribution in [2.24, 2.45) is 5.92 Å². The molecule has 0 aliphatic carbocycles. The second-order valence-corrected chi connectivity index (χ2v) is 5.79. The normalized spacial score (nSPS) is 16.5. The maximum atomic E-state index is 12.5. The lowest BCUT2D eigenvalue weighted by Crippen LogP contribution is -2.38. The second-order valence-electron chi connectivity index (χ2n) is 4.94. The van der Waals surface area contributed by atoms with Crippen molar-refractivity contribution in [1.82, 2.24) is 4.90 Å². The van der Waals surface area contributed by atoms with Crippen LogP contribution < -0.4 is 4.74 Å². The van der Waals surface area contributed by atoms with E-state index in [0.717, 1.165) is 25.9 Å². The Morgan fingerprint density at radius 1 is 1.32 bits per heavy atom. The molecule has 1 aromatic carbocycles. The van der Waals surface area contributed by atoms with Crippen molar-refractivity contribution in [3.63, 3.8) is 0 Å². The van der Waals surface area contributed by atoms with Gasteiger partial charge in [-0.15, -0.1) is 0 Å². The average molecular weight is 302 g/mol. The SMILES string of the molecule is COc1c(Cl)cc(Cl)cc1C(=O)N1CCC(C)CC1. The fourth-order valence-corrected chi connectivity index (χ4v) is 2.88. The summed E-state index contributed by atoms with van der Waals surface area (Å²) in [6, 6.07) is 3.20. The second kappa shape index (κ2) is 6.02. The summed E-state index contributed by atoms with van der Waals surface area (Å²) in [6.07, 6.45) is 2.06. The summed E-state index contributed by atoms with van der Waals surface area (Å²) >= 11 is 12.0. The average Bonchev–Trinajstić information content (AvgIpc) is 2.38. The number of hydrogen-bond acceptors (Lipinski definition) is 2. The number of methoxy groups -OCH3 is 1. The Balaban J connectivity index is 2.28. The van der Waals surface area contributed by atoms with Crippen LogP contribution in [0.1, 0.15) is 30.1 Å². The van der Waals surface area contributed by atoms with Crippen LogP contribution in [-0.2, 0) is 0 Å². The number of hydrogen-bond donors (Lipinski definition) is 0. The number of benzene rings is 1. The number of piperidine rings is 1. The maximum absolute atomic E-state index is 12.5. The summed E-state index contributed by atoms with van der Waals surface area (Å²) in [6.45, 7) is 3.75. The third-order valence-corrected chi connectivity index (χ3v) is 4.01. The van der Waals surface area contributed by atoms with Gasteiger partial charge in [0.1, 0.15) is 5.75 Å². The third kappa shape index (κ3) is 3.15. The van der Waals surface area contributed by atoms with Crippen LogP contribution in [0.15, 0.2) is 12.1 Å². The van der Waals surface area contributed by atoms with E-state index >= 15 is 0 Å². The van der Waals surface area contributed by atoms with Crippen molar-refractivity contribution < 1.29 is 9.53 Å². The summed E-state index contributed by atoms with van der Waals surface area (Å²) in [5, 5.41) is 0.809. The number of ether oxygens (including phenoxy) is 1. The molecule has 0 atom stereocenters. The Labute approximate surface area is 123 Å². The van der Waals surface area contributed by atoms with Gasteiger partial charge in [0, 0.05) is 18.1 Å². The Morgan fingerprint density at radius 2 is 1.95 bits per heavy atom. The molecule has 104 valence electrons. The monoisotopic (exact) mass is 301 g/mol. The van der Waals surface area contributed by atoms with Crippen LogP contribution in [0.2, 0.25) is 10.0 Å². The van der Waals surface area contributed by atoms with Crippen molar-refractivity contribution in [3.8, 4) is 5.75 Å². The predicted octanol–water partition coefficient (Wildman–Crippen LogP) is 3.87. The molecule has 19 heavy (non-hydrogen) atoms. The smallest absolute Gasteiger partial charge is 0.257 e. The number of rotatable bonds is 2.